The van der Waals surface area contributed by atoms with Crippen LogP contribution in [0, 0.1) is 0 Å². The number of aryl methyl sites for hydroxylation is 1. The summed E-state index contributed by atoms with van der Waals surface area (Å²) in [4.78, 5) is 4.00. The van der Waals surface area contributed by atoms with E-state index in [0.717, 1.165) is 16.6 Å². The van der Waals surface area contributed by atoms with Crippen LogP contribution in [-0.2, 0) is 23.6 Å². The lowest BCUT2D eigenvalue weighted by molar-refractivity contribution is -0.0448. The highest BCUT2D eigenvalue weighted by atomic mass is 35.5. The SMILES string of the molecule is Cn1c(-c2cncc(CNS(=O)(=O)C(F)(F)F)c2)cc2ccc(Cl)cc21.[HH]. The highest BCUT2D eigenvalue weighted by Gasteiger charge is 2.45. The van der Waals surface area contributed by atoms with Gasteiger partial charge in [0.1, 0.15) is 0 Å². The maximum Gasteiger partial charge on any atom is 0.511 e. The van der Waals surface area contributed by atoms with E-state index in [0.29, 0.717) is 16.1 Å². The zero-order chi connectivity index (χ0) is 19.1. The smallest absolute Gasteiger partial charge is 0.344 e. The van der Waals surface area contributed by atoms with Crippen molar-refractivity contribution in [2.24, 2.45) is 7.05 Å². The molecule has 0 aliphatic heterocycles. The summed E-state index contributed by atoms with van der Waals surface area (Å²) in [5.41, 5.74) is -2.75. The van der Waals surface area contributed by atoms with Gasteiger partial charge in [0, 0.05) is 48.9 Å². The second kappa shape index (κ2) is 6.57. The molecule has 0 spiro atoms. The topological polar surface area (TPSA) is 64.0 Å². The van der Waals surface area contributed by atoms with E-state index in [1.807, 2.05) is 23.7 Å². The second-order valence-corrected chi connectivity index (χ2v) is 7.84. The van der Waals surface area contributed by atoms with Crippen molar-refractivity contribution in [3.63, 3.8) is 0 Å². The van der Waals surface area contributed by atoms with Crippen molar-refractivity contribution >= 4 is 32.5 Å². The number of nitrogens with zero attached hydrogens (tertiary/aromatic N) is 2. The highest BCUT2D eigenvalue weighted by molar-refractivity contribution is 7.90. The Hall–Kier alpha value is -2.10. The summed E-state index contributed by atoms with van der Waals surface area (Å²) in [6, 6.07) is 8.90. The van der Waals surface area contributed by atoms with Crippen LogP contribution >= 0.6 is 11.6 Å². The minimum atomic E-state index is -5.40. The average Bonchev–Trinajstić information content (AvgIpc) is 2.89. The van der Waals surface area contributed by atoms with Crippen LogP contribution in [0.5, 0.6) is 0 Å². The fourth-order valence-corrected chi connectivity index (χ4v) is 3.25. The van der Waals surface area contributed by atoms with Gasteiger partial charge in [0.15, 0.2) is 0 Å². The molecular formula is C16H15ClF3N3O2S. The van der Waals surface area contributed by atoms with Gasteiger partial charge in [-0.05, 0) is 29.8 Å². The number of halogens is 4. The number of benzene rings is 1. The van der Waals surface area contributed by atoms with E-state index >= 15 is 0 Å². The molecule has 0 aliphatic rings. The minimum Gasteiger partial charge on any atom is -0.344 e. The van der Waals surface area contributed by atoms with Crippen LogP contribution in [0.2, 0.25) is 5.02 Å². The van der Waals surface area contributed by atoms with Crippen molar-refractivity contribution < 1.29 is 23.0 Å². The molecule has 3 aromatic rings. The summed E-state index contributed by atoms with van der Waals surface area (Å²) in [5, 5.41) is 1.52. The number of hydrogen-bond donors (Lipinski definition) is 1. The second-order valence-electron chi connectivity index (χ2n) is 5.64. The minimum absolute atomic E-state index is 0. The molecule has 1 N–H and O–H groups in total. The van der Waals surface area contributed by atoms with Crippen molar-refractivity contribution in [2.45, 2.75) is 12.1 Å². The summed E-state index contributed by atoms with van der Waals surface area (Å²) in [5.74, 6) is 0. The molecule has 0 bridgehead atoms. The number of sulfonamides is 1. The fourth-order valence-electron chi connectivity index (χ4n) is 2.56. The Kier molecular flexibility index (Phi) is 4.72. The van der Waals surface area contributed by atoms with Crippen LogP contribution in [0.25, 0.3) is 22.2 Å². The molecular weight excluding hydrogens is 391 g/mol. The van der Waals surface area contributed by atoms with Gasteiger partial charge in [0.25, 0.3) is 0 Å². The first-order valence-electron chi connectivity index (χ1n) is 7.34. The van der Waals surface area contributed by atoms with E-state index in [4.69, 9.17) is 11.6 Å². The Labute approximate surface area is 153 Å². The van der Waals surface area contributed by atoms with Crippen LogP contribution in [0.4, 0.5) is 13.2 Å². The molecule has 0 aliphatic carbocycles. The predicted molar refractivity (Wildman–Crippen MR) is 95.1 cm³/mol. The summed E-state index contributed by atoms with van der Waals surface area (Å²) in [6.45, 7) is -0.515. The molecule has 0 saturated carbocycles. The van der Waals surface area contributed by atoms with Crippen LogP contribution in [0.3, 0.4) is 0 Å². The Bertz CT molecular complexity index is 1080. The van der Waals surface area contributed by atoms with Crippen molar-refractivity contribution in [1.29, 1.82) is 0 Å². The molecule has 26 heavy (non-hydrogen) atoms. The molecule has 0 radical (unpaired) electrons. The van der Waals surface area contributed by atoms with Gasteiger partial charge in [-0.25, -0.2) is 13.1 Å². The number of pyridine rings is 1. The molecule has 0 fully saturated rings. The number of fused-ring (bicyclic) bond motifs is 1. The average molecular weight is 406 g/mol. The van der Waals surface area contributed by atoms with Gasteiger partial charge in [-0.3, -0.25) is 4.98 Å². The van der Waals surface area contributed by atoms with E-state index in [-0.39, 0.29) is 1.43 Å². The number of hydrogen-bond acceptors (Lipinski definition) is 3. The standard InChI is InChI=1S/C16H13ClF3N3O2S.H2/c1-23-14(5-11-2-3-13(17)6-15(11)23)12-4-10(7-21-9-12)8-22-26(24,25)16(18,19)20;/h2-7,9,22H,8H2,1H3;1H. The van der Waals surface area contributed by atoms with Gasteiger partial charge >= 0.3 is 15.5 Å². The van der Waals surface area contributed by atoms with Gasteiger partial charge < -0.3 is 4.57 Å². The lowest BCUT2D eigenvalue weighted by atomic mass is 10.1. The zero-order valence-corrected chi connectivity index (χ0v) is 15.0. The predicted octanol–water partition coefficient (Wildman–Crippen LogP) is 4.08. The molecule has 140 valence electrons. The molecule has 2 aromatic heterocycles. The largest absolute Gasteiger partial charge is 0.511 e. The number of aromatic nitrogens is 2. The Balaban J connectivity index is 0.00000261. The summed E-state index contributed by atoms with van der Waals surface area (Å²) >= 11 is 6.01. The molecule has 0 atom stereocenters. The van der Waals surface area contributed by atoms with Crippen molar-refractivity contribution in [1.82, 2.24) is 14.3 Å². The third-order valence-corrected chi connectivity index (χ3v) is 5.24. The normalized spacial score (nSPS) is 12.7. The van der Waals surface area contributed by atoms with Gasteiger partial charge in [-0.1, -0.05) is 17.7 Å². The highest BCUT2D eigenvalue weighted by Crippen LogP contribution is 2.29. The van der Waals surface area contributed by atoms with Crippen LogP contribution < -0.4 is 4.72 Å². The Morgan fingerprint density at radius 3 is 2.65 bits per heavy atom. The van der Waals surface area contributed by atoms with Gasteiger partial charge in [0.05, 0.1) is 5.69 Å². The maximum absolute atomic E-state index is 12.4. The molecule has 5 nitrogen and oxygen atoms in total. The molecule has 0 unspecified atom stereocenters. The first-order chi connectivity index (χ1) is 12.1. The summed E-state index contributed by atoms with van der Waals surface area (Å²) in [7, 11) is -3.58. The van der Waals surface area contributed by atoms with Crippen LogP contribution in [-0.4, -0.2) is 23.5 Å². The van der Waals surface area contributed by atoms with E-state index in [1.54, 1.807) is 24.4 Å². The molecule has 0 saturated heterocycles. The lowest BCUT2D eigenvalue weighted by Crippen LogP contribution is -2.36. The third-order valence-electron chi connectivity index (χ3n) is 3.87. The quantitative estimate of drug-likeness (QED) is 0.711. The van der Waals surface area contributed by atoms with E-state index < -0.39 is 22.1 Å². The fraction of sp³-hybridized carbons (Fsp3) is 0.188. The van der Waals surface area contributed by atoms with Gasteiger partial charge in [-0.2, -0.15) is 13.2 Å². The van der Waals surface area contributed by atoms with Crippen molar-refractivity contribution in [3.8, 4) is 11.3 Å². The lowest BCUT2D eigenvalue weighted by Gasteiger charge is -2.10. The third kappa shape index (κ3) is 3.55. The summed E-state index contributed by atoms with van der Waals surface area (Å²) < 4.78 is 62.8. The molecule has 3 rings (SSSR count). The first-order valence-corrected chi connectivity index (χ1v) is 9.20. The van der Waals surface area contributed by atoms with Crippen molar-refractivity contribution in [3.05, 3.63) is 53.3 Å². The maximum atomic E-state index is 12.4. The molecule has 10 heteroatoms. The Morgan fingerprint density at radius 2 is 1.96 bits per heavy atom. The summed E-state index contributed by atoms with van der Waals surface area (Å²) in [6.07, 6.45) is 2.86. The van der Waals surface area contributed by atoms with Crippen molar-refractivity contribution in [2.75, 3.05) is 0 Å². The zero-order valence-electron chi connectivity index (χ0n) is 13.4. The number of rotatable bonds is 4. The monoisotopic (exact) mass is 405 g/mol. The number of nitrogens with one attached hydrogen (secondary N) is 1. The van der Waals surface area contributed by atoms with E-state index in [1.165, 1.54) is 10.9 Å². The van der Waals surface area contributed by atoms with Crippen LogP contribution in [0.1, 0.15) is 6.99 Å². The van der Waals surface area contributed by atoms with E-state index in [2.05, 4.69) is 4.98 Å². The molecule has 1 aromatic carbocycles. The van der Waals surface area contributed by atoms with Crippen LogP contribution in [0.15, 0.2) is 42.7 Å². The molecule has 2 heterocycles. The van der Waals surface area contributed by atoms with Gasteiger partial charge in [-0.15, -0.1) is 0 Å². The van der Waals surface area contributed by atoms with E-state index in [9.17, 15) is 21.6 Å². The van der Waals surface area contributed by atoms with Gasteiger partial charge in [0.2, 0.25) is 0 Å². The first kappa shape index (κ1) is 18.7. The molecule has 0 amide bonds. The number of alkyl halides is 3. The Morgan fingerprint density at radius 1 is 1.23 bits per heavy atom.